The first-order valence-electron chi connectivity index (χ1n) is 13.6. The van der Waals surface area contributed by atoms with Crippen LogP contribution in [0.15, 0.2) is 36.7 Å². The first kappa shape index (κ1) is 27.1. The van der Waals surface area contributed by atoms with Crippen LogP contribution in [0.25, 0.3) is 21.3 Å². The smallest absolute Gasteiger partial charge is 0.225 e. The molecule has 0 radical (unpaired) electrons. The Morgan fingerprint density at radius 3 is 2.45 bits per heavy atom. The van der Waals surface area contributed by atoms with Crippen LogP contribution in [0.2, 0.25) is 0 Å². The molecule has 3 heterocycles. The molecule has 2 saturated carbocycles. The van der Waals surface area contributed by atoms with E-state index in [4.69, 9.17) is 4.98 Å². The fourth-order valence-corrected chi connectivity index (χ4v) is 7.93. The van der Waals surface area contributed by atoms with Crippen molar-refractivity contribution in [2.24, 2.45) is 5.92 Å². The molecule has 1 aliphatic heterocycles. The summed E-state index contributed by atoms with van der Waals surface area (Å²) in [6, 6.07) is 10.4. The summed E-state index contributed by atoms with van der Waals surface area (Å²) in [6.45, 7) is 1.17. The predicted molar refractivity (Wildman–Crippen MR) is 154 cm³/mol. The largest absolute Gasteiger partial charge is 0.368 e. The number of thiazole rings is 1. The highest BCUT2D eigenvalue weighted by Crippen LogP contribution is 2.47. The van der Waals surface area contributed by atoms with E-state index in [0.717, 1.165) is 59.9 Å². The number of nitriles is 1. The summed E-state index contributed by atoms with van der Waals surface area (Å²) < 4.78 is 33.5. The zero-order valence-electron chi connectivity index (χ0n) is 21.9. The van der Waals surface area contributed by atoms with Crippen molar-refractivity contribution in [2.75, 3.05) is 29.5 Å². The van der Waals surface area contributed by atoms with Crippen LogP contribution in [-0.4, -0.2) is 60.1 Å². The van der Waals surface area contributed by atoms with Gasteiger partial charge in [0.15, 0.2) is 16.6 Å². The highest BCUT2D eigenvalue weighted by Gasteiger charge is 2.47. The molecule has 12 heteroatoms. The first-order valence-corrected chi connectivity index (χ1v) is 16.3. The fraction of sp³-hybridized carbons (Fsp3) is 0.464. The van der Waals surface area contributed by atoms with Crippen LogP contribution in [0.4, 0.5) is 10.1 Å². The monoisotopic (exact) mass is 582 g/mol. The van der Waals surface area contributed by atoms with Gasteiger partial charge in [0.2, 0.25) is 5.91 Å². The van der Waals surface area contributed by atoms with Gasteiger partial charge in [-0.25, -0.2) is 19.3 Å². The maximum atomic E-state index is 13.5. The molecule has 9 nitrogen and oxygen atoms in total. The van der Waals surface area contributed by atoms with Crippen molar-refractivity contribution < 1.29 is 18.3 Å². The van der Waals surface area contributed by atoms with E-state index in [1.807, 2.05) is 24.3 Å². The summed E-state index contributed by atoms with van der Waals surface area (Å²) in [7, 11) is -2.48. The number of anilines is 1. The molecule has 2 aliphatic carbocycles. The number of halogens is 1. The molecule has 0 bridgehead atoms. The third kappa shape index (κ3) is 5.56. The van der Waals surface area contributed by atoms with Crippen molar-refractivity contribution in [3.8, 4) is 27.3 Å². The van der Waals surface area contributed by atoms with Gasteiger partial charge in [-0.1, -0.05) is 25.0 Å². The molecule has 3 aliphatic rings. The number of amides is 1. The normalized spacial score (nSPS) is 24.1. The van der Waals surface area contributed by atoms with Crippen molar-refractivity contribution >= 4 is 33.5 Å². The van der Waals surface area contributed by atoms with Crippen LogP contribution in [0, 0.1) is 23.1 Å². The van der Waals surface area contributed by atoms with Crippen molar-refractivity contribution in [1.29, 1.82) is 5.26 Å². The number of hydrogen-bond acceptors (Lipinski definition) is 9. The lowest BCUT2D eigenvalue weighted by molar-refractivity contribution is -0.127. The third-order valence-corrected chi connectivity index (χ3v) is 10.9. The van der Waals surface area contributed by atoms with E-state index in [-0.39, 0.29) is 17.7 Å². The minimum absolute atomic E-state index is 0.0892. The average Bonchev–Trinajstić information content (AvgIpc) is 3.60. The number of carbonyl (C=O) groups excluding carboxylic acids is 1. The van der Waals surface area contributed by atoms with E-state index in [2.05, 4.69) is 26.3 Å². The summed E-state index contributed by atoms with van der Waals surface area (Å²) in [5.41, 5.74) is 2.04. The lowest BCUT2D eigenvalue weighted by atomic mass is 9.76. The van der Waals surface area contributed by atoms with Gasteiger partial charge in [0.05, 0.1) is 40.5 Å². The summed E-state index contributed by atoms with van der Waals surface area (Å²) >= 11 is 1.43. The zero-order valence-corrected chi connectivity index (χ0v) is 23.6. The van der Waals surface area contributed by atoms with Crippen molar-refractivity contribution in [3.63, 3.8) is 0 Å². The molecule has 6 rings (SSSR count). The molecule has 1 amide bonds. The predicted octanol–water partition coefficient (Wildman–Crippen LogP) is 5.42. The van der Waals surface area contributed by atoms with Crippen LogP contribution in [0.3, 0.4) is 0 Å². The highest BCUT2D eigenvalue weighted by atomic mass is 32.3. The minimum Gasteiger partial charge on any atom is -0.368 e. The molecule has 1 aromatic carbocycles. The summed E-state index contributed by atoms with van der Waals surface area (Å²) in [4.78, 5) is 29.8. The quantitative estimate of drug-likeness (QED) is 0.351. The second-order valence-corrected chi connectivity index (χ2v) is 14.3. The first-order chi connectivity index (χ1) is 19.3. The van der Waals surface area contributed by atoms with Gasteiger partial charge < -0.3 is 10.2 Å². The summed E-state index contributed by atoms with van der Waals surface area (Å²) in [6.07, 6.45) is 7.06. The number of rotatable bonds is 6. The van der Waals surface area contributed by atoms with Crippen LogP contribution in [-0.2, 0) is 4.79 Å². The lowest BCUT2D eigenvalue weighted by Crippen LogP contribution is -2.42. The Balaban J connectivity index is 1.34. The second-order valence-electron chi connectivity index (χ2n) is 10.9. The molecule has 40 heavy (non-hydrogen) atoms. The van der Waals surface area contributed by atoms with Crippen LogP contribution in [0.5, 0.6) is 0 Å². The Hall–Kier alpha value is -3.11. The Kier molecular flexibility index (Phi) is 7.25. The minimum atomic E-state index is -2.48. The second kappa shape index (κ2) is 10.7. The van der Waals surface area contributed by atoms with Crippen LogP contribution < -0.4 is 10.2 Å². The van der Waals surface area contributed by atoms with Gasteiger partial charge in [0.1, 0.15) is 5.54 Å². The van der Waals surface area contributed by atoms with Gasteiger partial charge >= 0.3 is 0 Å². The molecule has 2 aromatic heterocycles. The standard InChI is InChI=1S/C28H31FN6O3S2/c29-19-15-31-25(32-16-19)27-33-23(21-3-1-2-4-22(21)26(36)34-28(17-30)9-10-28)24(39-27)18-5-7-20(8-6-18)35-11-13-40(37,38)14-12-35/h5-8,15-16,21-22,37-38H,1-4,9-14H2,(H,34,36)/t21-,22-/m1/s1. The molecule has 0 unspecified atom stereocenters. The van der Waals surface area contributed by atoms with Gasteiger partial charge in [0, 0.05) is 30.6 Å². The SMILES string of the molecule is N#CC1(NC(=O)[C@@H]2CCCC[C@H]2c2nc(-c3ncc(F)cn3)sc2-c2ccc(N3CCS(O)(O)CC3)cc2)CC1. The van der Waals surface area contributed by atoms with Gasteiger partial charge in [-0.3, -0.25) is 13.9 Å². The summed E-state index contributed by atoms with van der Waals surface area (Å²) in [5, 5.41) is 13.1. The number of carbonyl (C=O) groups is 1. The maximum Gasteiger partial charge on any atom is 0.225 e. The molecule has 3 N–H and O–H groups in total. The zero-order chi connectivity index (χ0) is 27.9. The topological polar surface area (TPSA) is 135 Å². The van der Waals surface area contributed by atoms with Gasteiger partial charge in [-0.2, -0.15) is 15.9 Å². The van der Waals surface area contributed by atoms with Gasteiger partial charge in [-0.05, 0) is 43.4 Å². The average molecular weight is 583 g/mol. The number of hydrogen-bond donors (Lipinski definition) is 3. The Labute approximate surface area is 237 Å². The number of nitrogens with zero attached hydrogens (tertiary/aromatic N) is 5. The number of nitrogens with one attached hydrogen (secondary N) is 1. The Morgan fingerprint density at radius 1 is 1.12 bits per heavy atom. The molecule has 1 saturated heterocycles. The molecule has 2 atom stereocenters. The van der Waals surface area contributed by atoms with Crippen LogP contribution in [0.1, 0.15) is 50.1 Å². The van der Waals surface area contributed by atoms with Gasteiger partial charge in [0.25, 0.3) is 0 Å². The van der Waals surface area contributed by atoms with E-state index >= 15 is 0 Å². The maximum absolute atomic E-state index is 13.5. The Morgan fingerprint density at radius 2 is 1.80 bits per heavy atom. The molecule has 3 aromatic rings. The van der Waals surface area contributed by atoms with Crippen molar-refractivity contribution in [1.82, 2.24) is 20.3 Å². The fourth-order valence-electron chi connectivity index (χ4n) is 5.61. The number of benzene rings is 1. The molecular weight excluding hydrogens is 551 g/mol. The molecular formula is C28H31FN6O3S2. The molecule has 0 spiro atoms. The lowest BCUT2D eigenvalue weighted by Gasteiger charge is -2.41. The Bertz CT molecular complexity index is 1430. The number of aromatic nitrogens is 3. The van der Waals surface area contributed by atoms with E-state index in [0.29, 0.717) is 48.3 Å². The molecule has 210 valence electrons. The third-order valence-electron chi connectivity index (χ3n) is 8.12. The van der Waals surface area contributed by atoms with E-state index in [1.54, 1.807) is 0 Å². The van der Waals surface area contributed by atoms with E-state index in [9.17, 15) is 23.6 Å². The molecule has 3 fully saturated rings. The van der Waals surface area contributed by atoms with Crippen molar-refractivity contribution in [3.05, 3.63) is 48.2 Å². The van der Waals surface area contributed by atoms with Gasteiger partial charge in [-0.15, -0.1) is 11.3 Å². The van der Waals surface area contributed by atoms with E-state index < -0.39 is 21.9 Å². The highest BCUT2D eigenvalue weighted by molar-refractivity contribution is 8.24. The van der Waals surface area contributed by atoms with Crippen LogP contribution >= 0.6 is 21.9 Å². The summed E-state index contributed by atoms with van der Waals surface area (Å²) in [5.74, 6) is 0.0333. The van der Waals surface area contributed by atoms with Crippen molar-refractivity contribution in [2.45, 2.75) is 50.0 Å². The van der Waals surface area contributed by atoms with E-state index in [1.165, 1.54) is 11.3 Å².